The molecule has 0 bridgehead atoms. The smallest absolute Gasteiger partial charge is 0.338 e. The summed E-state index contributed by atoms with van der Waals surface area (Å²) in [5.41, 5.74) is 3.37. The Kier molecular flexibility index (Phi) is 5.72. The van der Waals surface area contributed by atoms with Gasteiger partial charge in [-0.15, -0.1) is 0 Å². The summed E-state index contributed by atoms with van der Waals surface area (Å²) in [7, 11) is 0. The quantitative estimate of drug-likeness (QED) is 0.298. The van der Waals surface area contributed by atoms with E-state index < -0.39 is 11.9 Å². The Balaban J connectivity index is 1.87. The van der Waals surface area contributed by atoms with Crippen LogP contribution in [0.2, 0.25) is 0 Å². The number of hydrogen-bond donors (Lipinski definition) is 3. The Labute approximate surface area is 183 Å². The molecule has 7 nitrogen and oxygen atoms in total. The Hall–Kier alpha value is -4.39. The lowest BCUT2D eigenvalue weighted by molar-refractivity contribution is 0.0526. The van der Waals surface area contributed by atoms with Crippen LogP contribution in [-0.4, -0.2) is 39.5 Å². The van der Waals surface area contributed by atoms with E-state index in [1.54, 1.807) is 37.3 Å². The lowest BCUT2D eigenvalue weighted by Gasteiger charge is -2.08. The Bertz CT molecular complexity index is 1320. The molecule has 0 saturated carbocycles. The second kappa shape index (κ2) is 8.77. The number of benzene rings is 3. The van der Waals surface area contributed by atoms with Crippen LogP contribution in [0.4, 0.5) is 5.69 Å². The van der Waals surface area contributed by atoms with Gasteiger partial charge >= 0.3 is 11.9 Å². The van der Waals surface area contributed by atoms with Crippen molar-refractivity contribution in [3.8, 4) is 5.88 Å². The number of H-pyrrole nitrogens is 1. The van der Waals surface area contributed by atoms with Gasteiger partial charge in [-0.2, -0.15) is 0 Å². The maximum atomic E-state index is 12.1. The molecule has 7 heteroatoms. The Morgan fingerprint density at radius 2 is 1.62 bits per heavy atom. The number of ether oxygens (including phenoxy) is 1. The fourth-order valence-electron chi connectivity index (χ4n) is 3.43. The van der Waals surface area contributed by atoms with Gasteiger partial charge < -0.3 is 19.9 Å². The summed E-state index contributed by atoms with van der Waals surface area (Å²) in [6.45, 7) is 2.00. The summed E-state index contributed by atoms with van der Waals surface area (Å²) < 4.78 is 5.06. The van der Waals surface area contributed by atoms with Crippen molar-refractivity contribution >= 4 is 34.2 Å². The van der Waals surface area contributed by atoms with Crippen molar-refractivity contribution < 1.29 is 24.5 Å². The van der Waals surface area contributed by atoms with Gasteiger partial charge in [-0.25, -0.2) is 14.6 Å². The van der Waals surface area contributed by atoms with E-state index in [1.165, 1.54) is 12.1 Å². The van der Waals surface area contributed by atoms with Crippen LogP contribution in [0.5, 0.6) is 5.88 Å². The summed E-state index contributed by atoms with van der Waals surface area (Å²) in [6.07, 6.45) is 0. The summed E-state index contributed by atoms with van der Waals surface area (Å²) in [4.78, 5) is 30.9. The monoisotopic (exact) mass is 428 g/mol. The van der Waals surface area contributed by atoms with Crippen LogP contribution in [0.3, 0.4) is 0 Å². The summed E-state index contributed by atoms with van der Waals surface area (Å²) in [5.74, 6) is -1.55. The molecule has 160 valence electrons. The predicted molar refractivity (Wildman–Crippen MR) is 121 cm³/mol. The van der Waals surface area contributed by atoms with Crippen LogP contribution in [-0.2, 0) is 4.74 Å². The molecule has 0 radical (unpaired) electrons. The molecule has 1 aromatic heterocycles. The average molecular weight is 428 g/mol. The number of aliphatic imine (C=N–C) groups is 1. The number of nitrogens with one attached hydrogen (secondary N) is 1. The number of aromatic amines is 1. The van der Waals surface area contributed by atoms with Gasteiger partial charge in [0.25, 0.3) is 0 Å². The largest absolute Gasteiger partial charge is 0.494 e. The first-order chi connectivity index (χ1) is 15.5. The first-order valence-corrected chi connectivity index (χ1v) is 9.97. The minimum absolute atomic E-state index is 0.0919. The number of nitrogens with zero attached hydrogens (tertiary/aromatic N) is 1. The molecule has 3 aromatic carbocycles. The van der Waals surface area contributed by atoms with Crippen molar-refractivity contribution in [3.63, 3.8) is 0 Å². The molecular formula is C25H20N2O5. The summed E-state index contributed by atoms with van der Waals surface area (Å²) in [6, 6.07) is 20.5. The lowest BCUT2D eigenvalue weighted by atomic mass is 10.00. The van der Waals surface area contributed by atoms with Crippen LogP contribution in [0.1, 0.15) is 38.8 Å². The first-order valence-electron chi connectivity index (χ1n) is 9.97. The number of aromatic carboxylic acids is 1. The van der Waals surface area contributed by atoms with Crippen molar-refractivity contribution in [1.29, 1.82) is 0 Å². The first kappa shape index (κ1) is 20.9. The minimum Gasteiger partial charge on any atom is -0.494 e. The van der Waals surface area contributed by atoms with Crippen molar-refractivity contribution in [2.75, 3.05) is 6.61 Å². The molecule has 3 N–H and O–H groups in total. The zero-order chi connectivity index (χ0) is 22.7. The number of esters is 1. The number of fused-ring (bicyclic) bond motifs is 1. The molecule has 0 amide bonds. The standard InChI is InChI=1S/C25H20N2O5/c1-2-32-25(31)17-10-13-19-20(14-17)27-23(28)21(19)22(15-6-4-3-5-7-15)26-18-11-8-16(9-12-18)24(29)30/h3-14,27-28H,2H2,1H3,(H,29,30). The normalized spacial score (nSPS) is 11.5. The number of hydrogen-bond acceptors (Lipinski definition) is 5. The van der Waals surface area contributed by atoms with Gasteiger partial charge in [0, 0.05) is 16.5 Å². The number of rotatable bonds is 6. The maximum Gasteiger partial charge on any atom is 0.338 e. The van der Waals surface area contributed by atoms with Gasteiger partial charge in [-0.05, 0) is 43.3 Å². The van der Waals surface area contributed by atoms with Crippen LogP contribution >= 0.6 is 0 Å². The van der Waals surface area contributed by atoms with Crippen molar-refractivity contribution in [1.82, 2.24) is 4.98 Å². The predicted octanol–water partition coefficient (Wildman–Crippen LogP) is 4.92. The van der Waals surface area contributed by atoms with Gasteiger partial charge in [0.05, 0.1) is 34.7 Å². The highest BCUT2D eigenvalue weighted by Gasteiger charge is 2.20. The third kappa shape index (κ3) is 4.09. The lowest BCUT2D eigenvalue weighted by Crippen LogP contribution is -2.05. The van der Waals surface area contributed by atoms with Crippen molar-refractivity contribution in [3.05, 3.63) is 95.1 Å². The van der Waals surface area contributed by atoms with E-state index in [4.69, 9.17) is 14.8 Å². The van der Waals surface area contributed by atoms with E-state index in [0.717, 1.165) is 5.56 Å². The molecule has 4 aromatic rings. The highest BCUT2D eigenvalue weighted by atomic mass is 16.5. The van der Waals surface area contributed by atoms with Gasteiger partial charge in [0.15, 0.2) is 5.88 Å². The van der Waals surface area contributed by atoms with Crippen molar-refractivity contribution in [2.24, 2.45) is 4.99 Å². The van der Waals surface area contributed by atoms with E-state index in [9.17, 15) is 14.7 Å². The van der Waals surface area contributed by atoms with E-state index in [0.29, 0.717) is 33.4 Å². The maximum absolute atomic E-state index is 12.1. The number of carbonyl (C=O) groups is 2. The molecule has 1 heterocycles. The fourth-order valence-corrected chi connectivity index (χ4v) is 3.43. The van der Waals surface area contributed by atoms with Crippen LogP contribution < -0.4 is 0 Å². The average Bonchev–Trinajstić information content (AvgIpc) is 3.13. The number of aromatic nitrogens is 1. The van der Waals surface area contributed by atoms with Gasteiger partial charge in [-0.1, -0.05) is 36.4 Å². The van der Waals surface area contributed by atoms with Gasteiger partial charge in [0.2, 0.25) is 0 Å². The number of carbonyl (C=O) groups excluding carboxylic acids is 1. The molecule has 0 aliphatic carbocycles. The second-order valence-electron chi connectivity index (χ2n) is 7.01. The van der Waals surface area contributed by atoms with E-state index >= 15 is 0 Å². The van der Waals surface area contributed by atoms with E-state index in [2.05, 4.69) is 4.98 Å². The number of carboxylic acids is 1. The molecule has 0 aliphatic heterocycles. The van der Waals surface area contributed by atoms with Gasteiger partial charge in [0.1, 0.15) is 0 Å². The molecule has 0 saturated heterocycles. The minimum atomic E-state index is -1.02. The van der Waals surface area contributed by atoms with E-state index in [-0.39, 0.29) is 18.1 Å². The molecule has 0 fully saturated rings. The van der Waals surface area contributed by atoms with E-state index in [1.807, 2.05) is 30.3 Å². The number of carboxylic acid groups (broad SMARTS) is 1. The topological polar surface area (TPSA) is 112 Å². The highest BCUT2D eigenvalue weighted by molar-refractivity contribution is 6.22. The summed E-state index contributed by atoms with van der Waals surface area (Å²) >= 11 is 0. The summed E-state index contributed by atoms with van der Waals surface area (Å²) in [5, 5.41) is 20.6. The van der Waals surface area contributed by atoms with Crippen LogP contribution in [0, 0.1) is 0 Å². The number of aromatic hydroxyl groups is 1. The fraction of sp³-hybridized carbons (Fsp3) is 0.0800. The Morgan fingerprint density at radius 1 is 0.938 bits per heavy atom. The zero-order valence-corrected chi connectivity index (χ0v) is 17.2. The molecule has 0 aliphatic rings. The molecule has 4 rings (SSSR count). The molecule has 0 spiro atoms. The highest BCUT2D eigenvalue weighted by Crippen LogP contribution is 2.32. The molecular weight excluding hydrogens is 408 g/mol. The third-order valence-electron chi connectivity index (χ3n) is 4.93. The Morgan fingerprint density at radius 3 is 2.28 bits per heavy atom. The van der Waals surface area contributed by atoms with Crippen LogP contribution in [0.25, 0.3) is 10.9 Å². The molecule has 32 heavy (non-hydrogen) atoms. The SMILES string of the molecule is CCOC(=O)c1ccc2c(C(=Nc3ccc(C(=O)O)cc3)c3ccccc3)c(O)[nH]c2c1. The molecule has 0 atom stereocenters. The zero-order valence-electron chi connectivity index (χ0n) is 17.2. The van der Waals surface area contributed by atoms with Crippen LogP contribution in [0.15, 0.2) is 77.8 Å². The third-order valence-corrected chi connectivity index (χ3v) is 4.93. The molecule has 0 unspecified atom stereocenters. The second-order valence-corrected chi connectivity index (χ2v) is 7.01. The van der Waals surface area contributed by atoms with Crippen molar-refractivity contribution in [2.45, 2.75) is 6.92 Å². The van der Waals surface area contributed by atoms with Gasteiger partial charge in [-0.3, -0.25) is 0 Å².